The predicted octanol–water partition coefficient (Wildman–Crippen LogP) is -0.00270. The molecule has 15 heavy (non-hydrogen) atoms. The summed E-state index contributed by atoms with van der Waals surface area (Å²) >= 11 is 0. The van der Waals surface area contributed by atoms with E-state index in [9.17, 15) is 4.79 Å². The molecule has 0 bridgehead atoms. The summed E-state index contributed by atoms with van der Waals surface area (Å²) in [4.78, 5) is 11.2. The van der Waals surface area contributed by atoms with Crippen LogP contribution >= 0.6 is 0 Å². The number of aromatic nitrogens is 2. The van der Waals surface area contributed by atoms with E-state index in [0.29, 0.717) is 13.1 Å². The Morgan fingerprint density at radius 3 is 3.00 bits per heavy atom. The largest absolute Gasteiger partial charge is 0.355 e. The van der Waals surface area contributed by atoms with Crippen LogP contribution in [0.1, 0.15) is 13.8 Å². The van der Waals surface area contributed by atoms with Crippen molar-refractivity contribution in [2.75, 3.05) is 13.1 Å². The van der Waals surface area contributed by atoms with Crippen molar-refractivity contribution in [3.63, 3.8) is 0 Å². The van der Waals surface area contributed by atoms with Crippen molar-refractivity contribution in [2.24, 2.45) is 0 Å². The van der Waals surface area contributed by atoms with E-state index in [0.717, 1.165) is 6.54 Å². The lowest BCUT2D eigenvalue weighted by molar-refractivity contribution is -0.120. The van der Waals surface area contributed by atoms with Gasteiger partial charge in [-0.15, -0.1) is 0 Å². The molecule has 1 aromatic rings. The molecule has 1 unspecified atom stereocenters. The molecule has 0 aliphatic heterocycles. The lowest BCUT2D eigenvalue weighted by atomic mass is 10.3. The van der Waals surface area contributed by atoms with Gasteiger partial charge in [-0.3, -0.25) is 9.48 Å². The first kappa shape index (κ1) is 11.7. The molecule has 0 fully saturated rings. The molecular formula is C10H18N4O. The standard InChI is InChI=1S/C10H18N4O/c1-3-11-10(15)7-12-9(2)8-14-6-4-5-13-14/h4-6,9,12H,3,7-8H2,1-2H3,(H,11,15). The first-order valence-corrected chi connectivity index (χ1v) is 5.20. The van der Waals surface area contributed by atoms with Crippen LogP contribution in [0.3, 0.4) is 0 Å². The Kier molecular flexibility index (Phi) is 4.83. The summed E-state index contributed by atoms with van der Waals surface area (Å²) in [6.45, 7) is 5.74. The average molecular weight is 210 g/mol. The number of hydrogen-bond donors (Lipinski definition) is 2. The predicted molar refractivity (Wildman–Crippen MR) is 58.4 cm³/mol. The minimum absolute atomic E-state index is 0.0322. The van der Waals surface area contributed by atoms with Crippen molar-refractivity contribution in [1.29, 1.82) is 0 Å². The summed E-state index contributed by atoms with van der Waals surface area (Å²) in [6.07, 6.45) is 3.65. The van der Waals surface area contributed by atoms with Crippen molar-refractivity contribution in [3.8, 4) is 0 Å². The second-order valence-electron chi connectivity index (χ2n) is 3.46. The monoisotopic (exact) mass is 210 g/mol. The van der Waals surface area contributed by atoms with Crippen molar-refractivity contribution in [1.82, 2.24) is 20.4 Å². The molecule has 1 heterocycles. The molecule has 1 atom stereocenters. The van der Waals surface area contributed by atoms with Gasteiger partial charge in [-0.1, -0.05) is 0 Å². The maximum Gasteiger partial charge on any atom is 0.233 e. The quantitative estimate of drug-likeness (QED) is 0.694. The van der Waals surface area contributed by atoms with Crippen LogP contribution in [0.4, 0.5) is 0 Å². The number of carbonyl (C=O) groups excluding carboxylic acids is 1. The highest BCUT2D eigenvalue weighted by atomic mass is 16.1. The fraction of sp³-hybridized carbons (Fsp3) is 0.600. The fourth-order valence-electron chi connectivity index (χ4n) is 1.28. The van der Waals surface area contributed by atoms with Crippen LogP contribution in [0.15, 0.2) is 18.5 Å². The van der Waals surface area contributed by atoms with E-state index < -0.39 is 0 Å². The first-order valence-electron chi connectivity index (χ1n) is 5.20. The average Bonchev–Trinajstić information content (AvgIpc) is 2.68. The van der Waals surface area contributed by atoms with Gasteiger partial charge in [0.2, 0.25) is 5.91 Å². The molecule has 5 nitrogen and oxygen atoms in total. The maximum atomic E-state index is 11.2. The molecule has 0 aliphatic rings. The zero-order chi connectivity index (χ0) is 11.1. The third-order valence-electron chi connectivity index (χ3n) is 2.01. The van der Waals surface area contributed by atoms with Gasteiger partial charge in [-0.2, -0.15) is 5.10 Å². The number of amides is 1. The second-order valence-corrected chi connectivity index (χ2v) is 3.46. The SMILES string of the molecule is CCNC(=O)CNC(C)Cn1cccn1. The molecule has 1 aromatic heterocycles. The van der Waals surface area contributed by atoms with Gasteiger partial charge >= 0.3 is 0 Å². The van der Waals surface area contributed by atoms with Gasteiger partial charge in [0.1, 0.15) is 0 Å². The summed E-state index contributed by atoms with van der Waals surface area (Å²) in [5, 5.41) is 9.96. The van der Waals surface area contributed by atoms with Crippen LogP contribution in [0.2, 0.25) is 0 Å². The molecule has 84 valence electrons. The smallest absolute Gasteiger partial charge is 0.233 e. The number of likely N-dealkylation sites (N-methyl/N-ethyl adjacent to an activating group) is 1. The highest BCUT2D eigenvalue weighted by Gasteiger charge is 2.05. The van der Waals surface area contributed by atoms with Crippen LogP contribution in [0.25, 0.3) is 0 Å². The highest BCUT2D eigenvalue weighted by Crippen LogP contribution is 1.89. The topological polar surface area (TPSA) is 59.0 Å². The summed E-state index contributed by atoms with van der Waals surface area (Å²) in [7, 11) is 0. The zero-order valence-corrected chi connectivity index (χ0v) is 9.23. The van der Waals surface area contributed by atoms with Gasteiger partial charge in [-0.05, 0) is 19.9 Å². The van der Waals surface area contributed by atoms with Gasteiger partial charge in [0, 0.05) is 25.0 Å². The van der Waals surface area contributed by atoms with Gasteiger partial charge in [0.05, 0.1) is 13.1 Å². The number of hydrogen-bond acceptors (Lipinski definition) is 3. The van der Waals surface area contributed by atoms with E-state index in [4.69, 9.17) is 0 Å². The first-order chi connectivity index (χ1) is 7.22. The van der Waals surface area contributed by atoms with Crippen molar-refractivity contribution >= 4 is 5.91 Å². The minimum Gasteiger partial charge on any atom is -0.355 e. The van der Waals surface area contributed by atoms with Crippen LogP contribution in [-0.2, 0) is 11.3 Å². The summed E-state index contributed by atoms with van der Waals surface area (Å²) < 4.78 is 1.84. The van der Waals surface area contributed by atoms with E-state index in [1.54, 1.807) is 6.20 Å². The van der Waals surface area contributed by atoms with Crippen LogP contribution in [0.5, 0.6) is 0 Å². The van der Waals surface area contributed by atoms with E-state index >= 15 is 0 Å². The normalized spacial score (nSPS) is 12.4. The van der Waals surface area contributed by atoms with E-state index in [2.05, 4.69) is 15.7 Å². The molecule has 5 heteroatoms. The second kappa shape index (κ2) is 6.19. The minimum atomic E-state index is 0.0322. The highest BCUT2D eigenvalue weighted by molar-refractivity contribution is 5.77. The third kappa shape index (κ3) is 4.60. The van der Waals surface area contributed by atoms with E-state index in [-0.39, 0.29) is 11.9 Å². The maximum absolute atomic E-state index is 11.2. The zero-order valence-electron chi connectivity index (χ0n) is 9.23. The van der Waals surface area contributed by atoms with Gasteiger partial charge < -0.3 is 10.6 Å². The van der Waals surface area contributed by atoms with E-state index in [1.165, 1.54) is 0 Å². The molecule has 0 spiro atoms. The summed E-state index contributed by atoms with van der Waals surface area (Å²) in [6, 6.07) is 2.11. The van der Waals surface area contributed by atoms with Crippen LogP contribution < -0.4 is 10.6 Å². The molecule has 1 rings (SSSR count). The fourth-order valence-corrected chi connectivity index (χ4v) is 1.28. The molecule has 0 saturated carbocycles. The summed E-state index contributed by atoms with van der Waals surface area (Å²) in [5.41, 5.74) is 0. The van der Waals surface area contributed by atoms with E-state index in [1.807, 2.05) is 30.8 Å². The number of nitrogens with zero attached hydrogens (tertiary/aromatic N) is 2. The molecular weight excluding hydrogens is 192 g/mol. The molecule has 2 N–H and O–H groups in total. The van der Waals surface area contributed by atoms with Crippen molar-refractivity contribution in [3.05, 3.63) is 18.5 Å². The van der Waals surface area contributed by atoms with Crippen LogP contribution in [-0.4, -0.2) is 34.8 Å². The third-order valence-corrected chi connectivity index (χ3v) is 2.01. The van der Waals surface area contributed by atoms with Crippen molar-refractivity contribution < 1.29 is 4.79 Å². The molecule has 0 radical (unpaired) electrons. The Morgan fingerprint density at radius 1 is 1.60 bits per heavy atom. The van der Waals surface area contributed by atoms with Crippen LogP contribution in [0, 0.1) is 0 Å². The lowest BCUT2D eigenvalue weighted by Crippen LogP contribution is -2.39. The molecule has 0 saturated heterocycles. The molecule has 0 aliphatic carbocycles. The number of nitrogens with one attached hydrogen (secondary N) is 2. The van der Waals surface area contributed by atoms with Crippen molar-refractivity contribution in [2.45, 2.75) is 26.4 Å². The Hall–Kier alpha value is -1.36. The van der Waals surface area contributed by atoms with Gasteiger partial charge in [0.25, 0.3) is 0 Å². The Labute approximate surface area is 89.9 Å². The van der Waals surface area contributed by atoms with Gasteiger partial charge in [-0.25, -0.2) is 0 Å². The number of rotatable bonds is 6. The summed E-state index contributed by atoms with van der Waals surface area (Å²) in [5.74, 6) is 0.0322. The molecule has 0 aromatic carbocycles. The Balaban J connectivity index is 2.19. The lowest BCUT2D eigenvalue weighted by Gasteiger charge is -2.13. The Bertz CT molecular complexity index is 284. The Morgan fingerprint density at radius 2 is 2.40 bits per heavy atom. The van der Waals surface area contributed by atoms with Gasteiger partial charge in [0.15, 0.2) is 0 Å². The number of carbonyl (C=O) groups is 1. The molecule has 1 amide bonds.